The first-order chi connectivity index (χ1) is 8.00. The minimum Gasteiger partial charge on any atom is -0.478 e. The van der Waals surface area contributed by atoms with Crippen LogP contribution >= 0.6 is 0 Å². The highest BCUT2D eigenvalue weighted by Gasteiger charge is 2.29. The molecule has 0 unspecified atom stereocenters. The van der Waals surface area contributed by atoms with Crippen molar-refractivity contribution in [3.8, 4) is 0 Å². The van der Waals surface area contributed by atoms with Crippen molar-refractivity contribution in [1.29, 1.82) is 0 Å². The summed E-state index contributed by atoms with van der Waals surface area (Å²) < 4.78 is 0. The fraction of sp³-hybridized carbons (Fsp3) is 0.364. The third-order valence-electron chi connectivity index (χ3n) is 2.90. The molecule has 0 aromatic heterocycles. The van der Waals surface area contributed by atoms with E-state index in [1.807, 2.05) is 0 Å². The number of non-ortho nitro benzene ring substituents is 1. The number of nitro benzene ring substituents is 1. The van der Waals surface area contributed by atoms with E-state index >= 15 is 0 Å². The number of benzene rings is 1. The second-order valence-corrected chi connectivity index (χ2v) is 4.11. The molecule has 1 aliphatic carbocycles. The molecule has 0 spiro atoms. The van der Waals surface area contributed by atoms with E-state index in [1.54, 1.807) is 11.9 Å². The van der Waals surface area contributed by atoms with E-state index in [1.165, 1.54) is 18.2 Å². The quantitative estimate of drug-likeness (QED) is 0.637. The molecule has 0 saturated heterocycles. The second-order valence-electron chi connectivity index (χ2n) is 4.11. The lowest BCUT2D eigenvalue weighted by Crippen LogP contribution is -2.22. The molecule has 1 aromatic carbocycles. The normalized spacial score (nSPS) is 14.4. The van der Waals surface area contributed by atoms with Crippen LogP contribution in [0.4, 0.5) is 11.4 Å². The number of nitrogens with zero attached hydrogens (tertiary/aromatic N) is 2. The molecule has 0 aliphatic heterocycles. The van der Waals surface area contributed by atoms with Gasteiger partial charge in [0.2, 0.25) is 0 Å². The maximum atomic E-state index is 11.1. The lowest BCUT2D eigenvalue weighted by atomic mass is 10.1. The van der Waals surface area contributed by atoms with Crippen LogP contribution in [0.25, 0.3) is 0 Å². The Hall–Kier alpha value is -2.11. The molecule has 0 atom stereocenters. The fourth-order valence-electron chi connectivity index (χ4n) is 1.76. The van der Waals surface area contributed by atoms with Gasteiger partial charge in [0.15, 0.2) is 0 Å². The number of hydrogen-bond donors (Lipinski definition) is 1. The van der Waals surface area contributed by atoms with E-state index in [2.05, 4.69) is 0 Å². The van der Waals surface area contributed by atoms with E-state index in [9.17, 15) is 14.9 Å². The van der Waals surface area contributed by atoms with Crippen LogP contribution in [0.3, 0.4) is 0 Å². The summed E-state index contributed by atoms with van der Waals surface area (Å²) in [6, 6.07) is 4.12. The van der Waals surface area contributed by atoms with Gasteiger partial charge < -0.3 is 10.0 Å². The third kappa shape index (κ3) is 2.20. The van der Waals surface area contributed by atoms with Crippen molar-refractivity contribution in [3.63, 3.8) is 0 Å². The van der Waals surface area contributed by atoms with Gasteiger partial charge in [-0.25, -0.2) is 4.79 Å². The first-order valence-corrected chi connectivity index (χ1v) is 5.25. The van der Waals surface area contributed by atoms with E-state index in [4.69, 9.17) is 5.11 Å². The predicted octanol–water partition coefficient (Wildman–Crippen LogP) is 1.89. The zero-order valence-corrected chi connectivity index (χ0v) is 9.29. The average molecular weight is 236 g/mol. The van der Waals surface area contributed by atoms with Crippen molar-refractivity contribution in [3.05, 3.63) is 33.9 Å². The first kappa shape index (κ1) is 11.4. The van der Waals surface area contributed by atoms with Crippen LogP contribution in [0.2, 0.25) is 0 Å². The van der Waals surface area contributed by atoms with Crippen LogP contribution in [0.1, 0.15) is 23.2 Å². The molecular formula is C11H12N2O4. The largest absolute Gasteiger partial charge is 0.478 e. The van der Waals surface area contributed by atoms with Gasteiger partial charge in [-0.3, -0.25) is 10.1 Å². The number of nitro groups is 1. The second kappa shape index (κ2) is 4.04. The monoisotopic (exact) mass is 236 g/mol. The van der Waals surface area contributed by atoms with E-state index < -0.39 is 10.9 Å². The summed E-state index contributed by atoms with van der Waals surface area (Å²) in [4.78, 5) is 23.0. The maximum absolute atomic E-state index is 11.1. The van der Waals surface area contributed by atoms with E-state index in [0.717, 1.165) is 12.8 Å². The smallest absolute Gasteiger partial charge is 0.337 e. The Morgan fingerprint density at radius 1 is 1.53 bits per heavy atom. The summed E-state index contributed by atoms with van der Waals surface area (Å²) in [6.07, 6.45) is 2.00. The van der Waals surface area contributed by atoms with Crippen LogP contribution < -0.4 is 4.90 Å². The molecule has 1 aliphatic rings. The fourth-order valence-corrected chi connectivity index (χ4v) is 1.76. The van der Waals surface area contributed by atoms with Crippen LogP contribution in [0.15, 0.2) is 18.2 Å². The van der Waals surface area contributed by atoms with Crippen LogP contribution in [-0.2, 0) is 0 Å². The van der Waals surface area contributed by atoms with Gasteiger partial charge in [0.25, 0.3) is 5.69 Å². The van der Waals surface area contributed by atoms with Crippen molar-refractivity contribution >= 4 is 17.3 Å². The van der Waals surface area contributed by atoms with Gasteiger partial charge in [-0.05, 0) is 18.9 Å². The van der Waals surface area contributed by atoms with Gasteiger partial charge >= 0.3 is 5.97 Å². The summed E-state index contributed by atoms with van der Waals surface area (Å²) in [5, 5.41) is 19.7. The third-order valence-corrected chi connectivity index (χ3v) is 2.90. The molecule has 0 bridgehead atoms. The summed E-state index contributed by atoms with van der Waals surface area (Å²) in [5.41, 5.74) is 0.428. The van der Waals surface area contributed by atoms with Crippen LogP contribution in [0, 0.1) is 10.1 Å². The van der Waals surface area contributed by atoms with Gasteiger partial charge in [0.1, 0.15) is 0 Å². The highest BCUT2D eigenvalue weighted by molar-refractivity contribution is 5.95. The zero-order chi connectivity index (χ0) is 12.6. The highest BCUT2D eigenvalue weighted by atomic mass is 16.6. The summed E-state index contributed by atoms with van der Waals surface area (Å²) in [7, 11) is 1.77. The predicted molar refractivity (Wildman–Crippen MR) is 61.5 cm³/mol. The Bertz CT molecular complexity index is 482. The van der Waals surface area contributed by atoms with Gasteiger partial charge in [-0.1, -0.05) is 0 Å². The zero-order valence-electron chi connectivity index (χ0n) is 9.29. The summed E-state index contributed by atoms with van der Waals surface area (Å²) in [5.74, 6) is -1.07. The molecule has 6 heteroatoms. The molecule has 2 rings (SSSR count). The molecule has 0 radical (unpaired) electrons. The molecule has 1 fully saturated rings. The standard InChI is InChI=1S/C11H12N2O4/c1-12(7-2-3-7)10-6-8(13(16)17)4-5-9(10)11(14)15/h4-7H,2-3H2,1H3,(H,14,15). The van der Waals surface area contributed by atoms with E-state index in [-0.39, 0.29) is 11.3 Å². The molecule has 90 valence electrons. The van der Waals surface area contributed by atoms with Crippen LogP contribution in [-0.4, -0.2) is 29.1 Å². The van der Waals surface area contributed by atoms with Gasteiger partial charge in [-0.15, -0.1) is 0 Å². The van der Waals surface area contributed by atoms with Gasteiger partial charge in [0.05, 0.1) is 16.2 Å². The Labute approximate surface area is 97.6 Å². The van der Waals surface area contributed by atoms with Crippen molar-refractivity contribution in [2.75, 3.05) is 11.9 Å². The average Bonchev–Trinajstić information content (AvgIpc) is 3.10. The molecule has 1 saturated carbocycles. The molecule has 6 nitrogen and oxygen atoms in total. The van der Waals surface area contributed by atoms with Crippen molar-refractivity contribution in [2.24, 2.45) is 0 Å². The van der Waals surface area contributed by atoms with Gasteiger partial charge in [0, 0.05) is 25.2 Å². The Balaban J connectivity index is 2.46. The number of anilines is 1. The van der Waals surface area contributed by atoms with Gasteiger partial charge in [-0.2, -0.15) is 0 Å². The minimum absolute atomic E-state index is 0.0856. The van der Waals surface area contributed by atoms with Crippen molar-refractivity contribution in [1.82, 2.24) is 0 Å². The topological polar surface area (TPSA) is 83.7 Å². The summed E-state index contributed by atoms with van der Waals surface area (Å²) in [6.45, 7) is 0. The number of carbonyl (C=O) groups is 1. The lowest BCUT2D eigenvalue weighted by Gasteiger charge is -2.20. The number of carboxylic acids is 1. The van der Waals surface area contributed by atoms with E-state index in [0.29, 0.717) is 11.7 Å². The lowest BCUT2D eigenvalue weighted by molar-refractivity contribution is -0.384. The number of rotatable bonds is 4. The number of carboxylic acid groups (broad SMARTS) is 1. The SMILES string of the molecule is CN(c1cc([N+](=O)[O-])ccc1C(=O)O)C1CC1. The van der Waals surface area contributed by atoms with Crippen LogP contribution in [0.5, 0.6) is 0 Å². The molecule has 1 N–H and O–H groups in total. The molecule has 0 heterocycles. The molecular weight excluding hydrogens is 224 g/mol. The first-order valence-electron chi connectivity index (χ1n) is 5.25. The summed E-state index contributed by atoms with van der Waals surface area (Å²) >= 11 is 0. The minimum atomic E-state index is -1.07. The molecule has 1 aromatic rings. The highest BCUT2D eigenvalue weighted by Crippen LogP contribution is 2.34. The molecule has 17 heavy (non-hydrogen) atoms. The Kier molecular flexibility index (Phi) is 2.71. The maximum Gasteiger partial charge on any atom is 0.337 e. The Morgan fingerprint density at radius 2 is 2.18 bits per heavy atom. The van der Waals surface area contributed by atoms with Crippen molar-refractivity contribution in [2.45, 2.75) is 18.9 Å². The Morgan fingerprint density at radius 3 is 2.65 bits per heavy atom. The van der Waals surface area contributed by atoms with Crippen molar-refractivity contribution < 1.29 is 14.8 Å². The number of hydrogen-bond acceptors (Lipinski definition) is 4. The number of aromatic carboxylic acids is 1. The molecule has 0 amide bonds.